The zero-order chi connectivity index (χ0) is 20.7. The van der Waals surface area contributed by atoms with E-state index in [9.17, 15) is 14.4 Å². The second-order valence-corrected chi connectivity index (χ2v) is 8.56. The molecule has 150 valence electrons. The Morgan fingerprint density at radius 2 is 1.79 bits per heavy atom. The fourth-order valence-corrected chi connectivity index (χ4v) is 4.62. The van der Waals surface area contributed by atoms with E-state index in [-0.39, 0.29) is 23.7 Å². The Hall–Kier alpha value is -2.80. The van der Waals surface area contributed by atoms with Crippen LogP contribution in [-0.2, 0) is 14.4 Å². The second kappa shape index (κ2) is 7.55. The number of nitrogens with one attached hydrogen (secondary N) is 1. The van der Waals surface area contributed by atoms with Crippen LogP contribution in [0.3, 0.4) is 0 Å². The van der Waals surface area contributed by atoms with Gasteiger partial charge in [-0.15, -0.1) is 11.3 Å². The van der Waals surface area contributed by atoms with Gasteiger partial charge in [0.1, 0.15) is 6.04 Å². The Balaban J connectivity index is 1.47. The van der Waals surface area contributed by atoms with Crippen LogP contribution >= 0.6 is 11.3 Å². The number of benzene rings is 1. The molecule has 1 aliphatic carbocycles. The van der Waals surface area contributed by atoms with Gasteiger partial charge in [0.15, 0.2) is 5.13 Å². The Bertz CT molecular complexity index is 1000. The molecular formula is C22H23N3O3S. The quantitative estimate of drug-likeness (QED) is 0.617. The molecule has 0 radical (unpaired) electrons. The lowest BCUT2D eigenvalue weighted by atomic mass is 9.85. The molecule has 0 bridgehead atoms. The lowest BCUT2D eigenvalue weighted by Gasteiger charge is -2.21. The topological polar surface area (TPSA) is 79.4 Å². The van der Waals surface area contributed by atoms with Crippen molar-refractivity contribution >= 4 is 34.2 Å². The SMILES string of the molecule is Cc1ccc(-c2csc(NC(=O)[C@H](C)N3C(=O)[C@@H]4CC=CC[C@H]4C3=O)n2)cc1C. The number of rotatable bonds is 4. The van der Waals surface area contributed by atoms with Crippen molar-refractivity contribution in [1.82, 2.24) is 9.88 Å². The summed E-state index contributed by atoms with van der Waals surface area (Å²) in [5, 5.41) is 5.10. The number of likely N-dealkylation sites (tertiary alicyclic amines) is 1. The first-order chi connectivity index (χ1) is 13.9. The number of carbonyl (C=O) groups excluding carboxylic acids is 3. The van der Waals surface area contributed by atoms with Crippen molar-refractivity contribution in [3.8, 4) is 11.3 Å². The number of hydrogen-bond donors (Lipinski definition) is 1. The largest absolute Gasteiger partial charge is 0.300 e. The zero-order valence-electron chi connectivity index (χ0n) is 16.6. The molecule has 1 aromatic carbocycles. The van der Waals surface area contributed by atoms with Gasteiger partial charge >= 0.3 is 0 Å². The lowest BCUT2D eigenvalue weighted by molar-refractivity contribution is -0.146. The average Bonchev–Trinajstić information content (AvgIpc) is 3.27. The summed E-state index contributed by atoms with van der Waals surface area (Å²) in [4.78, 5) is 43.7. The number of thiazole rings is 1. The Morgan fingerprint density at radius 1 is 1.14 bits per heavy atom. The van der Waals surface area contributed by atoms with Gasteiger partial charge in [-0.2, -0.15) is 0 Å². The summed E-state index contributed by atoms with van der Waals surface area (Å²) in [6, 6.07) is 5.25. The van der Waals surface area contributed by atoms with E-state index >= 15 is 0 Å². The summed E-state index contributed by atoms with van der Waals surface area (Å²) >= 11 is 1.32. The zero-order valence-corrected chi connectivity index (χ0v) is 17.5. The molecule has 2 heterocycles. The third kappa shape index (κ3) is 3.51. The minimum Gasteiger partial charge on any atom is -0.300 e. The molecule has 4 rings (SSSR count). The standard InChI is InChI=1S/C22H23N3O3S/c1-12-8-9-15(10-13(12)2)18-11-29-22(23-18)24-19(26)14(3)25-20(27)16-6-4-5-7-17(16)21(25)28/h4-5,8-11,14,16-17H,6-7H2,1-3H3,(H,23,24,26)/t14-,16+,17+/m0/s1. The first kappa shape index (κ1) is 19.5. The van der Waals surface area contributed by atoms with Crippen LogP contribution in [0.4, 0.5) is 5.13 Å². The number of anilines is 1. The Kier molecular flexibility index (Phi) is 5.08. The maximum atomic E-state index is 12.7. The summed E-state index contributed by atoms with van der Waals surface area (Å²) in [7, 11) is 0. The van der Waals surface area contributed by atoms with Gasteiger partial charge in [0.05, 0.1) is 17.5 Å². The van der Waals surface area contributed by atoms with Gasteiger partial charge in [0.25, 0.3) is 0 Å². The molecule has 3 atom stereocenters. The van der Waals surface area contributed by atoms with Gasteiger partial charge in [0.2, 0.25) is 17.7 Å². The molecule has 3 amide bonds. The number of fused-ring (bicyclic) bond motifs is 1. The highest BCUT2D eigenvalue weighted by Crippen LogP contribution is 2.36. The molecule has 1 saturated heterocycles. The van der Waals surface area contributed by atoms with Crippen LogP contribution in [0, 0.1) is 25.7 Å². The molecule has 1 aliphatic heterocycles. The number of aromatic nitrogens is 1. The normalized spacial score (nSPS) is 22.0. The van der Waals surface area contributed by atoms with Crippen molar-refractivity contribution in [2.24, 2.45) is 11.8 Å². The van der Waals surface area contributed by atoms with Crippen molar-refractivity contribution in [3.05, 3.63) is 46.9 Å². The highest BCUT2D eigenvalue weighted by Gasteiger charge is 2.50. The Morgan fingerprint density at radius 3 is 2.41 bits per heavy atom. The maximum Gasteiger partial charge on any atom is 0.249 e. The molecule has 7 heteroatoms. The van der Waals surface area contributed by atoms with Crippen LogP contribution < -0.4 is 5.32 Å². The molecule has 1 fully saturated rings. The predicted molar refractivity (Wildman–Crippen MR) is 112 cm³/mol. The number of amides is 3. The highest BCUT2D eigenvalue weighted by atomic mass is 32.1. The van der Waals surface area contributed by atoms with Gasteiger partial charge < -0.3 is 5.32 Å². The fourth-order valence-electron chi connectivity index (χ4n) is 3.90. The van der Waals surface area contributed by atoms with Crippen LogP contribution in [0.1, 0.15) is 30.9 Å². The maximum absolute atomic E-state index is 12.7. The summed E-state index contributed by atoms with van der Waals surface area (Å²) < 4.78 is 0. The van der Waals surface area contributed by atoms with Crippen molar-refractivity contribution in [2.75, 3.05) is 5.32 Å². The Labute approximate surface area is 173 Å². The van der Waals surface area contributed by atoms with Crippen molar-refractivity contribution < 1.29 is 14.4 Å². The summed E-state index contributed by atoms with van der Waals surface area (Å²) in [6.07, 6.45) is 4.99. The van der Waals surface area contributed by atoms with E-state index in [1.165, 1.54) is 22.5 Å². The second-order valence-electron chi connectivity index (χ2n) is 7.70. The van der Waals surface area contributed by atoms with Gasteiger partial charge in [-0.25, -0.2) is 4.98 Å². The van der Waals surface area contributed by atoms with E-state index in [1.54, 1.807) is 6.92 Å². The monoisotopic (exact) mass is 409 g/mol. The van der Waals surface area contributed by atoms with Gasteiger partial charge in [-0.1, -0.05) is 24.3 Å². The van der Waals surface area contributed by atoms with Crippen LogP contribution in [0.15, 0.2) is 35.7 Å². The number of allylic oxidation sites excluding steroid dienone is 2. The molecule has 6 nitrogen and oxygen atoms in total. The smallest absolute Gasteiger partial charge is 0.249 e. The molecule has 0 saturated carbocycles. The fraction of sp³-hybridized carbons (Fsp3) is 0.364. The lowest BCUT2D eigenvalue weighted by Crippen LogP contribution is -2.46. The van der Waals surface area contributed by atoms with Crippen molar-refractivity contribution in [1.29, 1.82) is 0 Å². The van der Waals surface area contributed by atoms with Gasteiger partial charge in [-0.3, -0.25) is 19.3 Å². The van der Waals surface area contributed by atoms with Crippen LogP contribution in [0.5, 0.6) is 0 Å². The molecular weight excluding hydrogens is 386 g/mol. The minimum atomic E-state index is -0.866. The van der Waals surface area contributed by atoms with E-state index in [2.05, 4.69) is 23.3 Å². The number of hydrogen-bond acceptors (Lipinski definition) is 5. The summed E-state index contributed by atoms with van der Waals surface area (Å²) in [6.45, 7) is 5.70. The third-order valence-corrected chi connectivity index (χ3v) is 6.60. The minimum absolute atomic E-state index is 0.248. The molecule has 29 heavy (non-hydrogen) atoms. The van der Waals surface area contributed by atoms with E-state index in [1.807, 2.05) is 36.6 Å². The summed E-state index contributed by atoms with van der Waals surface area (Å²) in [5.41, 5.74) is 4.16. The highest BCUT2D eigenvalue weighted by molar-refractivity contribution is 7.14. The number of nitrogens with zero attached hydrogens (tertiary/aromatic N) is 2. The number of carbonyl (C=O) groups is 3. The van der Waals surface area contributed by atoms with Crippen LogP contribution in [0.2, 0.25) is 0 Å². The molecule has 0 unspecified atom stereocenters. The summed E-state index contributed by atoms with van der Waals surface area (Å²) in [5.74, 6) is -1.57. The molecule has 2 aliphatic rings. The van der Waals surface area contributed by atoms with E-state index < -0.39 is 11.9 Å². The molecule has 2 aromatic rings. The average molecular weight is 410 g/mol. The van der Waals surface area contributed by atoms with Crippen LogP contribution in [0.25, 0.3) is 11.3 Å². The van der Waals surface area contributed by atoms with Gasteiger partial charge in [0, 0.05) is 10.9 Å². The van der Waals surface area contributed by atoms with E-state index in [0.29, 0.717) is 18.0 Å². The first-order valence-corrected chi connectivity index (χ1v) is 10.6. The first-order valence-electron chi connectivity index (χ1n) is 9.72. The molecule has 1 aromatic heterocycles. The van der Waals surface area contributed by atoms with E-state index in [0.717, 1.165) is 16.2 Å². The number of aryl methyl sites for hydroxylation is 2. The van der Waals surface area contributed by atoms with Crippen molar-refractivity contribution in [3.63, 3.8) is 0 Å². The van der Waals surface area contributed by atoms with Crippen LogP contribution in [-0.4, -0.2) is 33.6 Å². The predicted octanol–water partition coefficient (Wildman–Crippen LogP) is 3.71. The molecule has 0 spiro atoms. The number of imide groups is 1. The van der Waals surface area contributed by atoms with Crippen molar-refractivity contribution in [2.45, 2.75) is 39.7 Å². The third-order valence-electron chi connectivity index (χ3n) is 5.85. The van der Waals surface area contributed by atoms with E-state index in [4.69, 9.17) is 0 Å². The molecule has 1 N–H and O–H groups in total. The van der Waals surface area contributed by atoms with Gasteiger partial charge in [-0.05, 0) is 50.8 Å².